The molecule has 0 aromatic heterocycles. The van der Waals surface area contributed by atoms with Gasteiger partial charge < -0.3 is 0 Å². The lowest BCUT2D eigenvalue weighted by Gasteiger charge is -1.81. The Labute approximate surface area is 61.9 Å². The standard InChI is InChI=1S/C6H6FI/c1-3-6(7)4-5(2)8/h3-4H,1-2H2/b6-4+. The second-order valence-corrected chi connectivity index (χ2v) is 2.57. The molecule has 2 heteroatoms. The van der Waals surface area contributed by atoms with Crippen molar-refractivity contribution in [3.8, 4) is 0 Å². The van der Waals surface area contributed by atoms with Gasteiger partial charge in [0.2, 0.25) is 0 Å². The summed E-state index contributed by atoms with van der Waals surface area (Å²) in [6.45, 7) is 6.69. The Hall–Kier alpha value is -0.120. The maximum Gasteiger partial charge on any atom is 0.123 e. The zero-order valence-corrected chi connectivity index (χ0v) is 6.48. The Morgan fingerprint density at radius 1 is 1.62 bits per heavy atom. The van der Waals surface area contributed by atoms with E-state index in [1.165, 1.54) is 6.08 Å². The van der Waals surface area contributed by atoms with E-state index in [-0.39, 0.29) is 5.83 Å². The molecule has 0 heterocycles. The van der Waals surface area contributed by atoms with E-state index in [0.29, 0.717) is 3.58 Å². The molecule has 0 bridgehead atoms. The monoisotopic (exact) mass is 224 g/mol. The molecule has 0 N–H and O–H groups in total. The van der Waals surface area contributed by atoms with Crippen LogP contribution in [-0.2, 0) is 0 Å². The number of hydrogen-bond donors (Lipinski definition) is 0. The Morgan fingerprint density at radius 3 is 2.25 bits per heavy atom. The first kappa shape index (κ1) is 7.88. The molecule has 0 amide bonds. The van der Waals surface area contributed by atoms with Gasteiger partial charge >= 0.3 is 0 Å². The van der Waals surface area contributed by atoms with Gasteiger partial charge in [0.15, 0.2) is 0 Å². The Bertz CT molecular complexity index is 135. The van der Waals surface area contributed by atoms with E-state index in [2.05, 4.69) is 13.2 Å². The first-order chi connectivity index (χ1) is 3.66. The van der Waals surface area contributed by atoms with Crippen molar-refractivity contribution >= 4 is 22.6 Å². The van der Waals surface area contributed by atoms with Crippen LogP contribution in [-0.4, -0.2) is 0 Å². The third-order valence-electron chi connectivity index (χ3n) is 0.490. The molecule has 0 aliphatic heterocycles. The van der Waals surface area contributed by atoms with Crippen molar-refractivity contribution in [2.24, 2.45) is 0 Å². The smallest absolute Gasteiger partial charge is 0.123 e. The van der Waals surface area contributed by atoms with Gasteiger partial charge in [-0.3, -0.25) is 0 Å². The zero-order chi connectivity index (χ0) is 6.57. The van der Waals surface area contributed by atoms with E-state index in [9.17, 15) is 4.39 Å². The summed E-state index contributed by atoms with van der Waals surface area (Å²) in [6, 6.07) is 0. The third kappa shape index (κ3) is 4.05. The van der Waals surface area contributed by atoms with Gasteiger partial charge in [0, 0.05) is 3.58 Å². The summed E-state index contributed by atoms with van der Waals surface area (Å²) in [4.78, 5) is 0. The first-order valence-electron chi connectivity index (χ1n) is 2.01. The van der Waals surface area contributed by atoms with Crippen molar-refractivity contribution in [2.45, 2.75) is 0 Å². The topological polar surface area (TPSA) is 0 Å². The molecule has 0 aromatic rings. The fourth-order valence-corrected chi connectivity index (χ4v) is 0.506. The van der Waals surface area contributed by atoms with E-state index in [1.54, 1.807) is 0 Å². The molecule has 0 radical (unpaired) electrons. The first-order valence-corrected chi connectivity index (χ1v) is 3.08. The Balaban J connectivity index is 3.94. The molecular formula is C6H6FI. The van der Waals surface area contributed by atoms with Crippen LogP contribution in [0.3, 0.4) is 0 Å². The van der Waals surface area contributed by atoms with Crippen molar-refractivity contribution in [3.05, 3.63) is 34.7 Å². The molecule has 0 saturated heterocycles. The molecule has 0 rings (SSSR count). The van der Waals surface area contributed by atoms with Crippen LogP contribution in [0.15, 0.2) is 34.7 Å². The van der Waals surface area contributed by atoms with E-state index in [1.807, 2.05) is 22.6 Å². The van der Waals surface area contributed by atoms with Crippen LogP contribution in [0.1, 0.15) is 0 Å². The van der Waals surface area contributed by atoms with E-state index >= 15 is 0 Å². The van der Waals surface area contributed by atoms with Crippen LogP contribution < -0.4 is 0 Å². The highest BCUT2D eigenvalue weighted by Crippen LogP contribution is 2.08. The van der Waals surface area contributed by atoms with Gasteiger partial charge in [-0.1, -0.05) is 13.2 Å². The largest absolute Gasteiger partial charge is 0.207 e. The van der Waals surface area contributed by atoms with Crippen molar-refractivity contribution in [3.63, 3.8) is 0 Å². The molecule has 0 aliphatic carbocycles. The number of allylic oxidation sites excluding steroid dienone is 4. The lowest BCUT2D eigenvalue weighted by molar-refractivity contribution is 0.668. The summed E-state index contributed by atoms with van der Waals surface area (Å²) in [7, 11) is 0. The van der Waals surface area contributed by atoms with Crippen LogP contribution >= 0.6 is 22.6 Å². The second-order valence-electron chi connectivity index (χ2n) is 1.18. The average molecular weight is 224 g/mol. The molecular weight excluding hydrogens is 218 g/mol. The summed E-state index contributed by atoms with van der Waals surface area (Å²) in [5, 5.41) is 0. The van der Waals surface area contributed by atoms with E-state index in [4.69, 9.17) is 0 Å². The van der Waals surface area contributed by atoms with Crippen LogP contribution in [0.25, 0.3) is 0 Å². The Morgan fingerprint density at radius 2 is 2.12 bits per heavy atom. The molecule has 0 saturated carbocycles. The molecule has 44 valence electrons. The highest BCUT2D eigenvalue weighted by Gasteiger charge is 1.83. The molecule has 0 fully saturated rings. The molecule has 0 unspecified atom stereocenters. The van der Waals surface area contributed by atoms with E-state index in [0.717, 1.165) is 6.08 Å². The zero-order valence-electron chi connectivity index (χ0n) is 4.32. The third-order valence-corrected chi connectivity index (χ3v) is 0.801. The van der Waals surface area contributed by atoms with Gasteiger partial charge in [0.05, 0.1) is 0 Å². The van der Waals surface area contributed by atoms with Gasteiger partial charge in [0.1, 0.15) is 5.83 Å². The molecule has 0 nitrogen and oxygen atoms in total. The highest BCUT2D eigenvalue weighted by molar-refractivity contribution is 14.1. The van der Waals surface area contributed by atoms with Crippen molar-refractivity contribution < 1.29 is 4.39 Å². The van der Waals surface area contributed by atoms with Crippen LogP contribution in [0.5, 0.6) is 0 Å². The van der Waals surface area contributed by atoms with Gasteiger partial charge in [-0.2, -0.15) is 0 Å². The average Bonchev–Trinajstić information content (AvgIpc) is 1.65. The minimum Gasteiger partial charge on any atom is -0.207 e. The summed E-state index contributed by atoms with van der Waals surface area (Å²) < 4.78 is 12.7. The van der Waals surface area contributed by atoms with Crippen LogP contribution in [0.4, 0.5) is 4.39 Å². The van der Waals surface area contributed by atoms with Gasteiger partial charge in [0.25, 0.3) is 0 Å². The second kappa shape index (κ2) is 3.83. The van der Waals surface area contributed by atoms with Gasteiger partial charge in [-0.05, 0) is 34.7 Å². The van der Waals surface area contributed by atoms with Crippen molar-refractivity contribution in [1.29, 1.82) is 0 Å². The minimum atomic E-state index is -0.343. The fraction of sp³-hybridized carbons (Fsp3) is 0. The number of rotatable bonds is 2. The predicted octanol–water partition coefficient (Wildman–Crippen LogP) is 2.97. The number of halogens is 2. The predicted molar refractivity (Wildman–Crippen MR) is 42.5 cm³/mol. The lowest BCUT2D eigenvalue weighted by atomic mass is 10.4. The molecule has 0 spiro atoms. The lowest BCUT2D eigenvalue weighted by Crippen LogP contribution is -1.61. The van der Waals surface area contributed by atoms with Gasteiger partial charge in [-0.15, -0.1) is 0 Å². The summed E-state index contributed by atoms with van der Waals surface area (Å²) >= 11 is 1.92. The summed E-state index contributed by atoms with van der Waals surface area (Å²) in [5.41, 5.74) is 0. The number of hydrogen-bond acceptors (Lipinski definition) is 0. The SMILES string of the molecule is C=C/C(F)=C\C(=C)I. The Kier molecular flexibility index (Phi) is 3.77. The van der Waals surface area contributed by atoms with Gasteiger partial charge in [-0.25, -0.2) is 4.39 Å². The van der Waals surface area contributed by atoms with E-state index < -0.39 is 0 Å². The normalized spacial score (nSPS) is 11.0. The minimum absolute atomic E-state index is 0.343. The maximum atomic E-state index is 12.1. The highest BCUT2D eigenvalue weighted by atomic mass is 127. The van der Waals surface area contributed by atoms with Crippen molar-refractivity contribution in [1.82, 2.24) is 0 Å². The molecule has 0 atom stereocenters. The van der Waals surface area contributed by atoms with Crippen LogP contribution in [0, 0.1) is 0 Å². The quantitative estimate of drug-likeness (QED) is 0.499. The van der Waals surface area contributed by atoms with Crippen LogP contribution in [0.2, 0.25) is 0 Å². The summed E-state index contributed by atoms with van der Waals surface area (Å²) in [5.74, 6) is -0.343. The molecule has 8 heavy (non-hydrogen) atoms. The fourth-order valence-electron chi connectivity index (χ4n) is 0.209. The molecule has 0 aliphatic rings. The molecule has 0 aromatic carbocycles. The maximum absolute atomic E-state index is 12.1. The summed E-state index contributed by atoms with van der Waals surface area (Å²) in [6.07, 6.45) is 2.46. The van der Waals surface area contributed by atoms with Crippen molar-refractivity contribution in [2.75, 3.05) is 0 Å².